The number of hydrogen-bond donors (Lipinski definition) is 2. The molecule has 0 radical (unpaired) electrons. The molecule has 0 bridgehead atoms. The van der Waals surface area contributed by atoms with E-state index in [-0.39, 0.29) is 23.2 Å². The number of benzene rings is 1. The largest absolute Gasteiger partial charge is 0.486 e. The Labute approximate surface area is 90.3 Å². The van der Waals surface area contributed by atoms with Crippen molar-refractivity contribution in [1.29, 1.82) is 5.41 Å². The average molecular weight is 230 g/mol. The fraction of sp³-hybridized carbons (Fsp3) is 0.125. The van der Waals surface area contributed by atoms with Crippen LogP contribution in [0.25, 0.3) is 0 Å². The smallest absolute Gasteiger partial charge is 0.288 e. The summed E-state index contributed by atoms with van der Waals surface area (Å²) in [5, 5.41) is 17.3. The zero-order chi connectivity index (χ0) is 11.4. The summed E-state index contributed by atoms with van der Waals surface area (Å²) >= 11 is 5.63. The third-order valence-electron chi connectivity index (χ3n) is 1.51. The molecule has 0 saturated carbocycles. The summed E-state index contributed by atoms with van der Waals surface area (Å²) in [5.41, 5.74) is 4.89. The average Bonchev–Trinajstić information content (AvgIpc) is 2.14. The maximum Gasteiger partial charge on any atom is 0.288 e. The first kappa shape index (κ1) is 11.3. The second kappa shape index (κ2) is 4.61. The maximum atomic E-state index is 10.4. The first-order chi connectivity index (χ1) is 7.00. The molecule has 1 aromatic carbocycles. The van der Waals surface area contributed by atoms with Gasteiger partial charge in [0.25, 0.3) is 5.69 Å². The molecular formula is C8H8ClN3O3. The third kappa shape index (κ3) is 3.10. The van der Waals surface area contributed by atoms with E-state index in [1.165, 1.54) is 18.2 Å². The molecule has 3 N–H and O–H groups in total. The number of nitro benzene ring substituents is 1. The Morgan fingerprint density at radius 2 is 2.33 bits per heavy atom. The van der Waals surface area contributed by atoms with Crippen LogP contribution < -0.4 is 10.5 Å². The molecule has 0 amide bonds. The Kier molecular flexibility index (Phi) is 3.46. The van der Waals surface area contributed by atoms with Gasteiger partial charge in [-0.1, -0.05) is 11.6 Å². The van der Waals surface area contributed by atoms with Gasteiger partial charge in [-0.3, -0.25) is 15.5 Å². The van der Waals surface area contributed by atoms with Crippen LogP contribution in [0, 0.1) is 15.5 Å². The Morgan fingerprint density at radius 1 is 1.67 bits per heavy atom. The summed E-state index contributed by atoms with van der Waals surface area (Å²) in [7, 11) is 0. The summed E-state index contributed by atoms with van der Waals surface area (Å²) < 4.78 is 5.03. The molecule has 15 heavy (non-hydrogen) atoms. The number of hydrogen-bond acceptors (Lipinski definition) is 4. The van der Waals surface area contributed by atoms with E-state index in [9.17, 15) is 10.1 Å². The molecule has 0 aliphatic heterocycles. The highest BCUT2D eigenvalue weighted by atomic mass is 35.5. The van der Waals surface area contributed by atoms with Crippen molar-refractivity contribution in [3.63, 3.8) is 0 Å². The number of nitro groups is 1. The van der Waals surface area contributed by atoms with E-state index in [1.807, 2.05) is 0 Å². The molecule has 0 fully saturated rings. The van der Waals surface area contributed by atoms with Gasteiger partial charge >= 0.3 is 0 Å². The van der Waals surface area contributed by atoms with E-state index in [1.54, 1.807) is 0 Å². The molecule has 1 rings (SSSR count). The number of halogens is 1. The van der Waals surface area contributed by atoms with Gasteiger partial charge in [0.1, 0.15) is 23.2 Å². The number of nitrogens with zero attached hydrogens (tertiary/aromatic N) is 1. The third-order valence-corrected chi connectivity index (χ3v) is 1.81. The Bertz CT molecular complexity index is 408. The predicted molar refractivity (Wildman–Crippen MR) is 55.5 cm³/mol. The van der Waals surface area contributed by atoms with Crippen LogP contribution in [-0.2, 0) is 0 Å². The molecule has 7 heteroatoms. The Hall–Kier alpha value is -1.82. The highest BCUT2D eigenvalue weighted by Gasteiger charge is 2.12. The standard InChI is InChI=1S/C8H8ClN3O3/c9-6-3-5(15-4-8(10)11)1-2-7(6)12(13)14/h1-3H,4H2,(H3,10,11). The molecule has 0 aromatic heterocycles. The number of ether oxygens (including phenoxy) is 1. The zero-order valence-electron chi connectivity index (χ0n) is 7.57. The summed E-state index contributed by atoms with van der Waals surface area (Å²) in [5.74, 6) is 0.199. The van der Waals surface area contributed by atoms with Gasteiger partial charge in [0, 0.05) is 12.1 Å². The van der Waals surface area contributed by atoms with E-state index in [2.05, 4.69) is 0 Å². The normalized spacial score (nSPS) is 9.67. The fourth-order valence-electron chi connectivity index (χ4n) is 0.887. The minimum absolute atomic E-state index is 0.0129. The Balaban J connectivity index is 2.82. The van der Waals surface area contributed by atoms with Gasteiger partial charge < -0.3 is 10.5 Å². The second-order valence-corrected chi connectivity index (χ2v) is 3.09. The van der Waals surface area contributed by atoms with Crippen molar-refractivity contribution in [2.24, 2.45) is 5.73 Å². The van der Waals surface area contributed by atoms with Crippen LogP contribution in [0.15, 0.2) is 18.2 Å². The second-order valence-electron chi connectivity index (χ2n) is 2.68. The van der Waals surface area contributed by atoms with Crippen molar-refractivity contribution in [3.05, 3.63) is 33.3 Å². The molecule has 0 aliphatic rings. The van der Waals surface area contributed by atoms with Gasteiger partial charge in [0.2, 0.25) is 0 Å². The SMILES string of the molecule is N=C(N)COc1ccc([N+](=O)[O-])c(Cl)c1. The van der Waals surface area contributed by atoms with Crippen LogP contribution >= 0.6 is 11.6 Å². The predicted octanol–water partition coefficient (Wildman–Crippen LogP) is 1.56. The number of amidine groups is 1. The maximum absolute atomic E-state index is 10.4. The van der Waals surface area contributed by atoms with Gasteiger partial charge in [-0.2, -0.15) is 0 Å². The molecule has 0 saturated heterocycles. The van der Waals surface area contributed by atoms with Crippen molar-refractivity contribution in [2.75, 3.05) is 6.61 Å². The molecule has 6 nitrogen and oxygen atoms in total. The highest BCUT2D eigenvalue weighted by Crippen LogP contribution is 2.28. The van der Waals surface area contributed by atoms with Crippen molar-refractivity contribution in [3.8, 4) is 5.75 Å². The lowest BCUT2D eigenvalue weighted by Gasteiger charge is -2.04. The summed E-state index contributed by atoms with van der Waals surface area (Å²) in [4.78, 5) is 9.84. The van der Waals surface area contributed by atoms with Gasteiger partial charge in [-0.25, -0.2) is 0 Å². The van der Waals surface area contributed by atoms with Crippen LogP contribution in [0.5, 0.6) is 5.75 Å². The first-order valence-corrected chi connectivity index (χ1v) is 4.28. The van der Waals surface area contributed by atoms with E-state index in [0.29, 0.717) is 5.75 Å². The summed E-state index contributed by atoms with van der Waals surface area (Å²) in [6.45, 7) is -0.0753. The van der Waals surface area contributed by atoms with Crippen LogP contribution in [0.3, 0.4) is 0 Å². The van der Waals surface area contributed by atoms with Crippen LogP contribution in [0.2, 0.25) is 5.02 Å². The molecule has 0 heterocycles. The molecule has 0 atom stereocenters. The van der Waals surface area contributed by atoms with E-state index < -0.39 is 4.92 Å². The fourth-order valence-corrected chi connectivity index (χ4v) is 1.13. The van der Waals surface area contributed by atoms with E-state index in [0.717, 1.165) is 0 Å². The lowest BCUT2D eigenvalue weighted by molar-refractivity contribution is -0.384. The molecule has 0 aliphatic carbocycles. The Morgan fingerprint density at radius 3 is 2.80 bits per heavy atom. The molecule has 0 spiro atoms. The minimum atomic E-state index is -0.586. The molecular weight excluding hydrogens is 222 g/mol. The monoisotopic (exact) mass is 229 g/mol. The van der Waals surface area contributed by atoms with Crippen molar-refractivity contribution in [2.45, 2.75) is 0 Å². The van der Waals surface area contributed by atoms with E-state index >= 15 is 0 Å². The van der Waals surface area contributed by atoms with Gasteiger partial charge in [-0.15, -0.1) is 0 Å². The van der Waals surface area contributed by atoms with Gasteiger partial charge in [-0.05, 0) is 6.07 Å². The highest BCUT2D eigenvalue weighted by molar-refractivity contribution is 6.32. The minimum Gasteiger partial charge on any atom is -0.486 e. The van der Waals surface area contributed by atoms with Crippen LogP contribution in [0.1, 0.15) is 0 Å². The van der Waals surface area contributed by atoms with Crippen molar-refractivity contribution in [1.82, 2.24) is 0 Å². The van der Waals surface area contributed by atoms with Crippen LogP contribution in [-0.4, -0.2) is 17.4 Å². The number of nitrogens with two attached hydrogens (primary N) is 1. The van der Waals surface area contributed by atoms with Crippen molar-refractivity contribution < 1.29 is 9.66 Å². The van der Waals surface area contributed by atoms with Gasteiger partial charge in [0.05, 0.1) is 4.92 Å². The zero-order valence-corrected chi connectivity index (χ0v) is 8.32. The van der Waals surface area contributed by atoms with Gasteiger partial charge in [0.15, 0.2) is 0 Å². The number of nitrogens with one attached hydrogen (secondary N) is 1. The van der Waals surface area contributed by atoms with Crippen LogP contribution in [0.4, 0.5) is 5.69 Å². The topological polar surface area (TPSA) is 102 Å². The quantitative estimate of drug-likeness (QED) is 0.354. The molecule has 80 valence electrons. The lowest BCUT2D eigenvalue weighted by Crippen LogP contribution is -2.19. The summed E-state index contributed by atoms with van der Waals surface area (Å²) in [6.07, 6.45) is 0. The van der Waals surface area contributed by atoms with E-state index in [4.69, 9.17) is 27.5 Å². The van der Waals surface area contributed by atoms with Crippen molar-refractivity contribution >= 4 is 23.1 Å². The lowest BCUT2D eigenvalue weighted by atomic mass is 10.3. The first-order valence-electron chi connectivity index (χ1n) is 3.90. The number of rotatable bonds is 4. The molecule has 1 aromatic rings. The summed E-state index contributed by atoms with van der Waals surface area (Å²) in [6, 6.07) is 3.94. The molecule has 0 unspecified atom stereocenters.